The van der Waals surface area contributed by atoms with Crippen LogP contribution < -0.4 is 5.32 Å². The second-order valence-electron chi connectivity index (χ2n) is 4.13. The molecule has 1 atom stereocenters. The molecular formula is C12H13BrN2O3. The van der Waals surface area contributed by atoms with Crippen LogP contribution in [0, 0.1) is 0 Å². The van der Waals surface area contributed by atoms with Crippen LogP contribution in [0.1, 0.15) is 12.8 Å². The van der Waals surface area contributed by atoms with E-state index in [0.717, 1.165) is 10.9 Å². The third-order valence-electron chi connectivity index (χ3n) is 2.87. The van der Waals surface area contributed by atoms with Crippen LogP contribution in [0.5, 0.6) is 0 Å². The molecule has 0 bridgehead atoms. The molecule has 2 rings (SSSR count). The lowest BCUT2D eigenvalue weighted by molar-refractivity contribution is -0.141. The molecule has 1 aromatic rings. The number of rotatable bonds is 2. The fourth-order valence-electron chi connectivity index (χ4n) is 2.03. The number of likely N-dealkylation sites (tertiary alicyclic amines) is 1. The zero-order chi connectivity index (χ0) is 13.1. The lowest BCUT2D eigenvalue weighted by Gasteiger charge is -2.21. The van der Waals surface area contributed by atoms with Gasteiger partial charge in [-0.1, -0.05) is 22.0 Å². The summed E-state index contributed by atoms with van der Waals surface area (Å²) < 4.78 is 0.858. The Morgan fingerprint density at radius 3 is 2.89 bits per heavy atom. The quantitative estimate of drug-likeness (QED) is 0.881. The summed E-state index contributed by atoms with van der Waals surface area (Å²) in [5, 5.41) is 11.7. The number of carbonyl (C=O) groups excluding carboxylic acids is 1. The SMILES string of the molecule is O=C(O)[C@@H]1CCCN1C(=O)Nc1cccc(Br)c1. The molecule has 1 heterocycles. The second kappa shape index (κ2) is 5.39. The van der Waals surface area contributed by atoms with Crippen LogP contribution in [0.3, 0.4) is 0 Å². The number of amides is 2. The highest BCUT2D eigenvalue weighted by molar-refractivity contribution is 9.10. The minimum absolute atomic E-state index is 0.363. The number of carbonyl (C=O) groups is 2. The number of hydrogen-bond acceptors (Lipinski definition) is 2. The van der Waals surface area contributed by atoms with Gasteiger partial charge in [0.15, 0.2) is 0 Å². The van der Waals surface area contributed by atoms with Crippen LogP contribution >= 0.6 is 15.9 Å². The van der Waals surface area contributed by atoms with Gasteiger partial charge in [-0.05, 0) is 31.0 Å². The number of hydrogen-bond donors (Lipinski definition) is 2. The topological polar surface area (TPSA) is 69.6 Å². The molecule has 0 unspecified atom stereocenters. The smallest absolute Gasteiger partial charge is 0.326 e. The Morgan fingerprint density at radius 1 is 1.44 bits per heavy atom. The number of aliphatic carboxylic acids is 1. The van der Waals surface area contributed by atoms with E-state index in [4.69, 9.17) is 5.11 Å². The standard InChI is InChI=1S/C12H13BrN2O3/c13-8-3-1-4-9(7-8)14-12(18)15-6-2-5-10(15)11(16)17/h1,3-4,7,10H,2,5-6H2,(H,14,18)(H,16,17)/t10-/m0/s1. The highest BCUT2D eigenvalue weighted by Gasteiger charge is 2.33. The first-order valence-corrected chi connectivity index (χ1v) is 6.43. The molecule has 0 spiro atoms. The molecule has 1 aliphatic heterocycles. The summed E-state index contributed by atoms with van der Waals surface area (Å²) in [6.07, 6.45) is 1.24. The van der Waals surface area contributed by atoms with E-state index in [-0.39, 0.29) is 6.03 Å². The first-order chi connectivity index (χ1) is 8.58. The second-order valence-corrected chi connectivity index (χ2v) is 5.05. The van der Waals surface area contributed by atoms with E-state index in [1.165, 1.54) is 4.90 Å². The molecule has 1 aliphatic rings. The summed E-state index contributed by atoms with van der Waals surface area (Å²) in [4.78, 5) is 24.3. The van der Waals surface area contributed by atoms with Crippen molar-refractivity contribution < 1.29 is 14.7 Å². The van der Waals surface area contributed by atoms with Gasteiger partial charge in [0.1, 0.15) is 6.04 Å². The summed E-state index contributed by atoms with van der Waals surface area (Å²) in [7, 11) is 0. The Kier molecular flexibility index (Phi) is 3.86. The highest BCUT2D eigenvalue weighted by Crippen LogP contribution is 2.20. The minimum Gasteiger partial charge on any atom is -0.480 e. The van der Waals surface area contributed by atoms with Crippen LogP contribution in [-0.4, -0.2) is 34.6 Å². The van der Waals surface area contributed by atoms with Crippen molar-refractivity contribution in [1.82, 2.24) is 4.90 Å². The van der Waals surface area contributed by atoms with E-state index in [1.807, 2.05) is 6.07 Å². The fourth-order valence-corrected chi connectivity index (χ4v) is 2.43. The molecule has 18 heavy (non-hydrogen) atoms. The first kappa shape index (κ1) is 12.9. The normalized spacial score (nSPS) is 18.7. The van der Waals surface area contributed by atoms with E-state index in [9.17, 15) is 9.59 Å². The molecule has 2 N–H and O–H groups in total. The van der Waals surface area contributed by atoms with Crippen molar-refractivity contribution in [3.8, 4) is 0 Å². The van der Waals surface area contributed by atoms with Crippen LogP contribution in [0.2, 0.25) is 0 Å². The lowest BCUT2D eigenvalue weighted by Crippen LogP contribution is -2.42. The molecule has 0 aliphatic carbocycles. The van der Waals surface area contributed by atoms with Gasteiger partial charge in [-0.15, -0.1) is 0 Å². The van der Waals surface area contributed by atoms with Gasteiger partial charge in [0.2, 0.25) is 0 Å². The summed E-state index contributed by atoms with van der Waals surface area (Å²) in [5.74, 6) is -0.947. The largest absolute Gasteiger partial charge is 0.480 e. The summed E-state index contributed by atoms with van der Waals surface area (Å²) >= 11 is 3.31. The summed E-state index contributed by atoms with van der Waals surface area (Å²) in [5.41, 5.74) is 0.644. The maximum absolute atomic E-state index is 12.0. The maximum Gasteiger partial charge on any atom is 0.326 e. The molecule has 0 saturated carbocycles. The van der Waals surface area contributed by atoms with Gasteiger partial charge in [0.05, 0.1) is 0 Å². The predicted octanol–water partition coefficient (Wildman–Crippen LogP) is 2.53. The van der Waals surface area contributed by atoms with E-state index in [0.29, 0.717) is 18.7 Å². The predicted molar refractivity (Wildman–Crippen MR) is 70.5 cm³/mol. The van der Waals surface area contributed by atoms with Crippen molar-refractivity contribution in [3.05, 3.63) is 28.7 Å². The molecular weight excluding hydrogens is 300 g/mol. The van der Waals surface area contributed by atoms with Crippen LogP contribution in [0.15, 0.2) is 28.7 Å². The number of nitrogens with one attached hydrogen (secondary N) is 1. The average Bonchev–Trinajstić information content (AvgIpc) is 2.77. The Hall–Kier alpha value is -1.56. The van der Waals surface area contributed by atoms with Crippen molar-refractivity contribution in [3.63, 3.8) is 0 Å². The molecule has 1 fully saturated rings. The zero-order valence-corrected chi connectivity index (χ0v) is 11.2. The Labute approximate surface area is 113 Å². The molecule has 1 aromatic carbocycles. The number of carboxylic acids is 1. The molecule has 0 aromatic heterocycles. The van der Waals surface area contributed by atoms with Gasteiger partial charge in [-0.3, -0.25) is 0 Å². The van der Waals surface area contributed by atoms with Crippen molar-refractivity contribution in [2.45, 2.75) is 18.9 Å². The van der Waals surface area contributed by atoms with Gasteiger partial charge in [0, 0.05) is 16.7 Å². The number of nitrogens with zero attached hydrogens (tertiary/aromatic N) is 1. The Balaban J connectivity index is 2.06. The van der Waals surface area contributed by atoms with Crippen molar-refractivity contribution in [2.24, 2.45) is 0 Å². The lowest BCUT2D eigenvalue weighted by atomic mass is 10.2. The Bertz CT molecular complexity index is 478. The van der Waals surface area contributed by atoms with Gasteiger partial charge in [-0.25, -0.2) is 9.59 Å². The fraction of sp³-hybridized carbons (Fsp3) is 0.333. The number of benzene rings is 1. The Morgan fingerprint density at radius 2 is 2.22 bits per heavy atom. The van der Waals surface area contributed by atoms with E-state index >= 15 is 0 Å². The zero-order valence-electron chi connectivity index (χ0n) is 9.60. The number of urea groups is 1. The minimum atomic E-state index is -0.947. The van der Waals surface area contributed by atoms with Crippen molar-refractivity contribution >= 4 is 33.6 Å². The van der Waals surface area contributed by atoms with Gasteiger partial charge >= 0.3 is 12.0 Å². The van der Waals surface area contributed by atoms with E-state index in [2.05, 4.69) is 21.2 Å². The monoisotopic (exact) mass is 312 g/mol. The first-order valence-electron chi connectivity index (χ1n) is 5.64. The summed E-state index contributed by atoms with van der Waals surface area (Å²) in [6, 6.07) is 6.11. The van der Waals surface area contributed by atoms with Gasteiger partial charge < -0.3 is 15.3 Å². The third kappa shape index (κ3) is 2.81. The van der Waals surface area contributed by atoms with E-state index in [1.54, 1.807) is 18.2 Å². The van der Waals surface area contributed by atoms with Crippen molar-refractivity contribution in [2.75, 3.05) is 11.9 Å². The van der Waals surface area contributed by atoms with Crippen molar-refractivity contribution in [1.29, 1.82) is 0 Å². The van der Waals surface area contributed by atoms with Gasteiger partial charge in [-0.2, -0.15) is 0 Å². The average molecular weight is 313 g/mol. The summed E-state index contributed by atoms with van der Waals surface area (Å²) in [6.45, 7) is 0.483. The van der Waals surface area contributed by atoms with Crippen LogP contribution in [-0.2, 0) is 4.79 Å². The molecule has 0 radical (unpaired) electrons. The highest BCUT2D eigenvalue weighted by atomic mass is 79.9. The van der Waals surface area contributed by atoms with Crippen LogP contribution in [0.4, 0.5) is 10.5 Å². The number of halogens is 1. The molecule has 5 nitrogen and oxygen atoms in total. The van der Waals surface area contributed by atoms with Gasteiger partial charge in [0.25, 0.3) is 0 Å². The van der Waals surface area contributed by atoms with Crippen LogP contribution in [0.25, 0.3) is 0 Å². The number of anilines is 1. The molecule has 6 heteroatoms. The molecule has 1 saturated heterocycles. The van der Waals surface area contributed by atoms with E-state index < -0.39 is 12.0 Å². The number of carboxylic acid groups (broad SMARTS) is 1. The maximum atomic E-state index is 12.0. The third-order valence-corrected chi connectivity index (χ3v) is 3.37. The molecule has 2 amide bonds. The molecule has 96 valence electrons.